The quantitative estimate of drug-likeness (QED) is 0.566. The van der Waals surface area contributed by atoms with Gasteiger partial charge in [-0.25, -0.2) is 0 Å². The number of rotatable bonds is 6. The summed E-state index contributed by atoms with van der Waals surface area (Å²) in [7, 11) is 0. The van der Waals surface area contributed by atoms with Gasteiger partial charge in [0.05, 0.1) is 0 Å². The van der Waals surface area contributed by atoms with Gasteiger partial charge in [0.25, 0.3) is 0 Å². The zero-order valence-corrected chi connectivity index (χ0v) is 15.4. The van der Waals surface area contributed by atoms with Crippen LogP contribution in [0.1, 0.15) is 32.3 Å². The molecule has 0 saturated carbocycles. The molecule has 8 nitrogen and oxygen atoms in total. The largest absolute Gasteiger partial charge is 0.481 e. The number of carboxylic acids is 1. The zero-order chi connectivity index (χ0) is 20.0. The summed E-state index contributed by atoms with van der Waals surface area (Å²) in [5.41, 5.74) is 0.861. The van der Waals surface area contributed by atoms with Crippen LogP contribution in [0.5, 0.6) is 0 Å². The van der Waals surface area contributed by atoms with Crippen LogP contribution in [-0.4, -0.2) is 46.9 Å². The van der Waals surface area contributed by atoms with E-state index in [1.165, 1.54) is 0 Å². The van der Waals surface area contributed by atoms with Gasteiger partial charge in [-0.1, -0.05) is 44.2 Å². The minimum atomic E-state index is -1.06. The summed E-state index contributed by atoms with van der Waals surface area (Å²) < 4.78 is 0. The molecule has 1 aromatic rings. The van der Waals surface area contributed by atoms with E-state index in [0.717, 1.165) is 5.56 Å². The Morgan fingerprint density at radius 3 is 2.15 bits per heavy atom. The van der Waals surface area contributed by atoms with E-state index in [-0.39, 0.29) is 25.2 Å². The molecular formula is C19H25N3O5. The van der Waals surface area contributed by atoms with Crippen molar-refractivity contribution in [2.24, 2.45) is 5.92 Å². The van der Waals surface area contributed by atoms with E-state index in [4.69, 9.17) is 5.11 Å². The third kappa shape index (κ3) is 5.80. The number of carboxylic acid groups (broad SMARTS) is 1. The highest BCUT2D eigenvalue weighted by atomic mass is 16.4. The third-order valence-electron chi connectivity index (χ3n) is 4.44. The van der Waals surface area contributed by atoms with Crippen LogP contribution in [0, 0.1) is 5.92 Å². The molecular weight excluding hydrogens is 350 g/mol. The van der Waals surface area contributed by atoms with Crippen LogP contribution >= 0.6 is 0 Å². The van der Waals surface area contributed by atoms with E-state index < -0.39 is 41.8 Å². The van der Waals surface area contributed by atoms with Gasteiger partial charge in [-0.2, -0.15) is 0 Å². The minimum absolute atomic E-state index is 0.0516. The molecule has 2 rings (SSSR count). The fourth-order valence-corrected chi connectivity index (χ4v) is 2.92. The average molecular weight is 375 g/mol. The molecule has 0 aliphatic carbocycles. The zero-order valence-electron chi connectivity index (χ0n) is 15.4. The molecule has 1 aliphatic rings. The van der Waals surface area contributed by atoms with Crippen LogP contribution in [0.15, 0.2) is 30.3 Å². The number of amides is 3. The van der Waals surface area contributed by atoms with E-state index in [0.29, 0.717) is 0 Å². The lowest BCUT2D eigenvalue weighted by molar-refractivity contribution is -0.138. The van der Waals surface area contributed by atoms with Gasteiger partial charge in [0, 0.05) is 12.8 Å². The summed E-state index contributed by atoms with van der Waals surface area (Å²) in [6.45, 7) is 3.58. The van der Waals surface area contributed by atoms with E-state index in [1.807, 2.05) is 30.3 Å². The normalized spacial score (nSPS) is 23.5. The molecule has 3 amide bonds. The number of aliphatic carboxylic acids is 1. The first-order chi connectivity index (χ1) is 12.8. The van der Waals surface area contributed by atoms with Gasteiger partial charge in [-0.3, -0.25) is 19.2 Å². The molecule has 1 fully saturated rings. The Morgan fingerprint density at radius 2 is 1.56 bits per heavy atom. The molecule has 3 atom stereocenters. The summed E-state index contributed by atoms with van der Waals surface area (Å²) in [5.74, 6) is -2.76. The molecule has 1 aliphatic heterocycles. The maximum Gasteiger partial charge on any atom is 0.303 e. The molecule has 27 heavy (non-hydrogen) atoms. The van der Waals surface area contributed by atoms with Gasteiger partial charge < -0.3 is 21.1 Å². The highest BCUT2D eigenvalue weighted by Crippen LogP contribution is 2.10. The molecule has 1 aromatic carbocycles. The fourth-order valence-electron chi connectivity index (χ4n) is 2.92. The highest BCUT2D eigenvalue weighted by molar-refractivity contribution is 5.97. The molecule has 0 unspecified atom stereocenters. The van der Waals surface area contributed by atoms with Crippen LogP contribution in [0.3, 0.4) is 0 Å². The summed E-state index contributed by atoms with van der Waals surface area (Å²) in [4.78, 5) is 48.7. The first kappa shape index (κ1) is 20.4. The van der Waals surface area contributed by atoms with Crippen LogP contribution in [0.25, 0.3) is 0 Å². The Balaban J connectivity index is 2.27. The van der Waals surface area contributed by atoms with E-state index in [2.05, 4.69) is 16.0 Å². The maximum atomic E-state index is 12.7. The van der Waals surface area contributed by atoms with Gasteiger partial charge in [-0.05, 0) is 17.9 Å². The van der Waals surface area contributed by atoms with Crippen molar-refractivity contribution in [1.29, 1.82) is 0 Å². The fraction of sp³-hybridized carbons (Fsp3) is 0.474. The van der Waals surface area contributed by atoms with E-state index >= 15 is 0 Å². The predicted octanol–water partition coefficient (Wildman–Crippen LogP) is 0.218. The molecule has 8 heteroatoms. The Hall–Kier alpha value is -2.90. The van der Waals surface area contributed by atoms with Gasteiger partial charge in [-0.15, -0.1) is 0 Å². The Labute approximate surface area is 157 Å². The lowest BCUT2D eigenvalue weighted by Gasteiger charge is -2.23. The standard InChI is InChI=1S/C19H25N3O5/c1-11(2)16-19(27)20-13(8-9-15(23)24)17(25)21-14(18(26)22-16)10-12-6-4-3-5-7-12/h3-7,11,13-14,16H,8-10H2,1-2H3,(H,20,27)(H,21,25)(H,22,26)(H,23,24)/t13-,14-,16-/m0/s1. The minimum Gasteiger partial charge on any atom is -0.481 e. The highest BCUT2D eigenvalue weighted by Gasteiger charge is 2.35. The van der Waals surface area contributed by atoms with Crippen molar-refractivity contribution in [2.75, 3.05) is 0 Å². The first-order valence-electron chi connectivity index (χ1n) is 8.94. The molecule has 0 bridgehead atoms. The van der Waals surface area contributed by atoms with Crippen molar-refractivity contribution in [3.8, 4) is 0 Å². The predicted molar refractivity (Wildman–Crippen MR) is 97.6 cm³/mol. The SMILES string of the molecule is CC(C)[C@@H]1NC(=O)[C@H](Cc2ccccc2)NC(=O)[C@H](CCC(=O)O)NC1=O. The van der Waals surface area contributed by atoms with E-state index in [1.54, 1.807) is 13.8 Å². The average Bonchev–Trinajstić information content (AvgIpc) is 2.65. The maximum absolute atomic E-state index is 12.7. The van der Waals surface area contributed by atoms with Crippen molar-refractivity contribution in [2.45, 2.75) is 51.2 Å². The molecule has 0 radical (unpaired) electrons. The van der Waals surface area contributed by atoms with Crippen molar-refractivity contribution in [3.05, 3.63) is 35.9 Å². The summed E-state index contributed by atoms with van der Waals surface area (Å²) >= 11 is 0. The van der Waals surface area contributed by atoms with Gasteiger partial charge in [0.1, 0.15) is 18.1 Å². The van der Waals surface area contributed by atoms with Crippen LogP contribution < -0.4 is 16.0 Å². The first-order valence-corrected chi connectivity index (χ1v) is 8.94. The lowest BCUT2D eigenvalue weighted by atomic mass is 10.0. The molecule has 146 valence electrons. The molecule has 1 saturated heterocycles. The second-order valence-electron chi connectivity index (χ2n) is 6.97. The van der Waals surface area contributed by atoms with Crippen LogP contribution in [0.4, 0.5) is 0 Å². The number of benzene rings is 1. The number of carbonyl (C=O) groups is 4. The Morgan fingerprint density at radius 1 is 0.963 bits per heavy atom. The number of hydrogen-bond acceptors (Lipinski definition) is 4. The number of hydrogen-bond donors (Lipinski definition) is 4. The molecule has 4 N–H and O–H groups in total. The van der Waals surface area contributed by atoms with Crippen LogP contribution in [-0.2, 0) is 25.6 Å². The van der Waals surface area contributed by atoms with Crippen molar-refractivity contribution in [3.63, 3.8) is 0 Å². The van der Waals surface area contributed by atoms with Crippen LogP contribution in [0.2, 0.25) is 0 Å². The monoisotopic (exact) mass is 375 g/mol. The Bertz CT molecular complexity index is 705. The topological polar surface area (TPSA) is 125 Å². The molecule has 1 heterocycles. The summed E-state index contributed by atoms with van der Waals surface area (Å²) in [6, 6.07) is 6.53. The van der Waals surface area contributed by atoms with Crippen molar-refractivity contribution >= 4 is 23.7 Å². The second-order valence-corrected chi connectivity index (χ2v) is 6.97. The van der Waals surface area contributed by atoms with Gasteiger partial charge >= 0.3 is 5.97 Å². The van der Waals surface area contributed by atoms with Gasteiger partial charge in [0.15, 0.2) is 0 Å². The Kier molecular flexibility index (Phi) is 6.92. The summed E-state index contributed by atoms with van der Waals surface area (Å²) in [6.07, 6.45) is -0.0531. The number of carbonyl (C=O) groups excluding carboxylic acids is 3. The lowest BCUT2D eigenvalue weighted by Crippen LogP contribution is -2.53. The van der Waals surface area contributed by atoms with Crippen molar-refractivity contribution in [1.82, 2.24) is 16.0 Å². The molecule has 0 aromatic heterocycles. The second kappa shape index (κ2) is 9.16. The van der Waals surface area contributed by atoms with E-state index in [9.17, 15) is 19.2 Å². The molecule has 0 spiro atoms. The smallest absolute Gasteiger partial charge is 0.303 e. The van der Waals surface area contributed by atoms with Crippen molar-refractivity contribution < 1.29 is 24.3 Å². The summed E-state index contributed by atoms with van der Waals surface area (Å²) in [5, 5.41) is 16.8. The van der Waals surface area contributed by atoms with Gasteiger partial charge in [0.2, 0.25) is 17.7 Å². The number of nitrogens with one attached hydrogen (secondary N) is 3. The third-order valence-corrected chi connectivity index (χ3v) is 4.44.